The zero-order valence-corrected chi connectivity index (χ0v) is 12.9. The Morgan fingerprint density at radius 2 is 1.88 bits per heavy atom. The van der Waals surface area contributed by atoms with Crippen molar-refractivity contribution in [1.29, 1.82) is 0 Å². The summed E-state index contributed by atoms with van der Waals surface area (Å²) in [7, 11) is 0. The molecule has 10 heteroatoms. The van der Waals surface area contributed by atoms with E-state index in [1.807, 2.05) is 0 Å². The number of ether oxygens (including phenoxy) is 1. The number of hydrogen-bond donors (Lipinski definition) is 1. The fourth-order valence-corrected chi connectivity index (χ4v) is 2.58. The molecular weight excluding hydrogens is 343 g/mol. The van der Waals surface area contributed by atoms with Crippen molar-refractivity contribution in [2.75, 3.05) is 18.0 Å². The van der Waals surface area contributed by atoms with Crippen LogP contribution in [-0.4, -0.2) is 40.7 Å². The summed E-state index contributed by atoms with van der Waals surface area (Å²) >= 11 is 0. The molecule has 7 nitrogen and oxygen atoms in total. The maximum absolute atomic E-state index is 12.1. The second-order valence-electron chi connectivity index (χ2n) is 5.57. The van der Waals surface area contributed by atoms with E-state index in [1.165, 1.54) is 12.1 Å². The van der Waals surface area contributed by atoms with Gasteiger partial charge in [-0.3, -0.25) is 4.79 Å². The highest BCUT2D eigenvalue weighted by molar-refractivity contribution is 5.70. The van der Waals surface area contributed by atoms with Crippen LogP contribution in [0.2, 0.25) is 0 Å². The highest BCUT2D eigenvalue weighted by atomic mass is 19.4. The molecule has 134 valence electrons. The first-order chi connectivity index (χ1) is 11.8. The molecule has 1 saturated heterocycles. The molecule has 0 atom stereocenters. The van der Waals surface area contributed by atoms with E-state index in [2.05, 4.69) is 14.9 Å². The van der Waals surface area contributed by atoms with Crippen molar-refractivity contribution in [2.45, 2.75) is 19.2 Å². The Bertz CT molecular complexity index is 737. The number of rotatable bonds is 4. The van der Waals surface area contributed by atoms with Gasteiger partial charge in [0.2, 0.25) is 5.82 Å². The Hall–Kier alpha value is -2.78. The molecule has 0 saturated carbocycles. The number of hydrogen-bond acceptors (Lipinski definition) is 6. The number of aliphatic carboxylic acids is 1. The van der Waals surface area contributed by atoms with Crippen LogP contribution in [0.1, 0.15) is 12.8 Å². The van der Waals surface area contributed by atoms with Crippen LogP contribution in [0.3, 0.4) is 0 Å². The highest BCUT2D eigenvalue weighted by Crippen LogP contribution is 2.27. The summed E-state index contributed by atoms with van der Waals surface area (Å²) in [6.45, 7) is 0.966. The largest absolute Gasteiger partial charge is 0.573 e. The summed E-state index contributed by atoms with van der Waals surface area (Å²) in [5.74, 6) is -1.29. The topological polar surface area (TPSA) is 88.7 Å². The molecular formula is C15H14F3N3O4. The van der Waals surface area contributed by atoms with Crippen molar-refractivity contribution in [3.8, 4) is 17.1 Å². The predicted octanol–water partition coefficient (Wildman–Crippen LogP) is 2.94. The van der Waals surface area contributed by atoms with E-state index in [0.717, 1.165) is 12.1 Å². The SMILES string of the molecule is O=C(O)C1CCN(c2nc(-c3ccc(OC(F)(F)F)cc3)no2)CC1. The fourth-order valence-electron chi connectivity index (χ4n) is 2.58. The normalized spacial score (nSPS) is 16.0. The minimum atomic E-state index is -4.75. The third kappa shape index (κ3) is 4.20. The van der Waals surface area contributed by atoms with Gasteiger partial charge in [-0.25, -0.2) is 0 Å². The van der Waals surface area contributed by atoms with E-state index < -0.39 is 12.3 Å². The van der Waals surface area contributed by atoms with E-state index in [-0.39, 0.29) is 23.5 Å². The molecule has 1 aromatic carbocycles. The summed E-state index contributed by atoms with van der Waals surface area (Å²) in [6, 6.07) is 5.38. The van der Waals surface area contributed by atoms with Gasteiger partial charge in [0.1, 0.15) is 5.75 Å². The Morgan fingerprint density at radius 1 is 1.24 bits per heavy atom. The van der Waals surface area contributed by atoms with Crippen LogP contribution in [0.25, 0.3) is 11.4 Å². The van der Waals surface area contributed by atoms with Crippen LogP contribution in [0.15, 0.2) is 28.8 Å². The van der Waals surface area contributed by atoms with E-state index in [9.17, 15) is 18.0 Å². The van der Waals surface area contributed by atoms with Gasteiger partial charge in [-0.05, 0) is 37.1 Å². The number of carboxylic acid groups (broad SMARTS) is 1. The average molecular weight is 357 g/mol. The first-order valence-corrected chi connectivity index (χ1v) is 7.49. The first kappa shape index (κ1) is 17.1. The molecule has 0 unspecified atom stereocenters. The van der Waals surface area contributed by atoms with Crippen LogP contribution in [-0.2, 0) is 4.79 Å². The summed E-state index contributed by atoms with van der Waals surface area (Å²) in [5.41, 5.74) is 0.477. The summed E-state index contributed by atoms with van der Waals surface area (Å²) in [6.07, 6.45) is -3.78. The van der Waals surface area contributed by atoms with Crippen molar-refractivity contribution in [3.63, 3.8) is 0 Å². The number of halogens is 3. The summed E-state index contributed by atoms with van der Waals surface area (Å²) < 4.78 is 45.4. The number of aromatic nitrogens is 2. The number of benzene rings is 1. The van der Waals surface area contributed by atoms with Gasteiger partial charge >= 0.3 is 18.3 Å². The highest BCUT2D eigenvalue weighted by Gasteiger charge is 2.31. The van der Waals surface area contributed by atoms with Crippen LogP contribution < -0.4 is 9.64 Å². The van der Waals surface area contributed by atoms with Crippen molar-refractivity contribution in [1.82, 2.24) is 10.1 Å². The Kier molecular flexibility index (Phi) is 4.51. The molecule has 0 spiro atoms. The van der Waals surface area contributed by atoms with Crippen molar-refractivity contribution >= 4 is 12.0 Å². The molecule has 3 rings (SSSR count). The molecule has 0 aliphatic carbocycles. The minimum absolute atomic E-state index is 0.230. The number of anilines is 1. The molecule has 1 N–H and O–H groups in total. The molecule has 1 aliphatic heterocycles. The molecule has 0 amide bonds. The van der Waals surface area contributed by atoms with Gasteiger partial charge < -0.3 is 19.3 Å². The first-order valence-electron chi connectivity index (χ1n) is 7.49. The summed E-state index contributed by atoms with van der Waals surface area (Å²) in [5, 5.41) is 12.8. The fraction of sp³-hybridized carbons (Fsp3) is 0.400. The third-order valence-electron chi connectivity index (χ3n) is 3.88. The number of alkyl halides is 3. The Morgan fingerprint density at radius 3 is 2.44 bits per heavy atom. The van der Waals surface area contributed by atoms with Gasteiger partial charge in [0.15, 0.2) is 0 Å². The molecule has 1 aliphatic rings. The van der Waals surface area contributed by atoms with Gasteiger partial charge in [0.05, 0.1) is 5.92 Å². The van der Waals surface area contributed by atoms with Gasteiger partial charge in [-0.1, -0.05) is 5.16 Å². The standard InChI is InChI=1S/C15H14F3N3O4/c16-15(17,18)24-11-3-1-9(2-4-11)12-19-14(25-20-12)21-7-5-10(6-8-21)13(22)23/h1-4,10H,5-8H2,(H,22,23). The third-order valence-corrected chi connectivity index (χ3v) is 3.88. The molecule has 0 bridgehead atoms. The lowest BCUT2D eigenvalue weighted by Gasteiger charge is -2.28. The maximum atomic E-state index is 12.1. The molecule has 25 heavy (non-hydrogen) atoms. The van der Waals surface area contributed by atoms with Crippen molar-refractivity contribution in [2.24, 2.45) is 5.92 Å². The number of piperidine rings is 1. The van der Waals surface area contributed by atoms with E-state index >= 15 is 0 Å². The lowest BCUT2D eigenvalue weighted by atomic mass is 9.97. The monoisotopic (exact) mass is 357 g/mol. The number of carboxylic acids is 1. The average Bonchev–Trinajstić information content (AvgIpc) is 3.04. The molecule has 0 radical (unpaired) electrons. The van der Waals surface area contributed by atoms with Crippen LogP contribution in [0, 0.1) is 5.92 Å². The Balaban J connectivity index is 1.66. The van der Waals surface area contributed by atoms with Crippen molar-refractivity contribution in [3.05, 3.63) is 24.3 Å². The van der Waals surface area contributed by atoms with E-state index in [4.69, 9.17) is 9.63 Å². The van der Waals surface area contributed by atoms with Gasteiger partial charge in [0, 0.05) is 18.7 Å². The lowest BCUT2D eigenvalue weighted by Crippen LogP contribution is -2.36. The predicted molar refractivity (Wildman–Crippen MR) is 79.0 cm³/mol. The molecule has 2 aromatic rings. The van der Waals surface area contributed by atoms with Gasteiger partial charge in [0.25, 0.3) is 0 Å². The molecule has 1 aromatic heterocycles. The van der Waals surface area contributed by atoms with Crippen LogP contribution in [0.5, 0.6) is 5.75 Å². The minimum Gasteiger partial charge on any atom is -0.481 e. The number of carbonyl (C=O) groups is 1. The Labute approximate surface area is 140 Å². The summed E-state index contributed by atoms with van der Waals surface area (Å²) in [4.78, 5) is 17.0. The lowest BCUT2D eigenvalue weighted by molar-refractivity contribution is -0.274. The van der Waals surface area contributed by atoms with E-state index in [0.29, 0.717) is 31.5 Å². The number of nitrogens with zero attached hydrogens (tertiary/aromatic N) is 3. The molecule has 2 heterocycles. The quantitative estimate of drug-likeness (QED) is 0.900. The van der Waals surface area contributed by atoms with E-state index in [1.54, 1.807) is 4.90 Å². The second kappa shape index (κ2) is 6.61. The molecule has 1 fully saturated rings. The second-order valence-corrected chi connectivity index (χ2v) is 5.57. The zero-order chi connectivity index (χ0) is 18.0. The van der Waals surface area contributed by atoms with Crippen LogP contribution in [0.4, 0.5) is 19.2 Å². The van der Waals surface area contributed by atoms with Gasteiger partial charge in [-0.2, -0.15) is 4.98 Å². The zero-order valence-electron chi connectivity index (χ0n) is 12.9. The maximum Gasteiger partial charge on any atom is 0.573 e. The van der Waals surface area contributed by atoms with Gasteiger partial charge in [-0.15, -0.1) is 13.2 Å². The smallest absolute Gasteiger partial charge is 0.481 e. The van der Waals surface area contributed by atoms with Crippen molar-refractivity contribution < 1.29 is 32.3 Å². The van der Waals surface area contributed by atoms with Crippen LogP contribution >= 0.6 is 0 Å².